The van der Waals surface area contributed by atoms with Crippen LogP contribution < -0.4 is 0 Å². The highest BCUT2D eigenvalue weighted by Crippen LogP contribution is 2.36. The number of aldehydes is 2. The van der Waals surface area contributed by atoms with E-state index in [1.54, 1.807) is 6.07 Å². The summed E-state index contributed by atoms with van der Waals surface area (Å²) in [5.41, 5.74) is 0.0152. The van der Waals surface area contributed by atoms with Crippen molar-refractivity contribution in [2.75, 3.05) is 5.75 Å². The standard InChI is InChI=1S/C18H25FO2S/c1-3-5-9-18(13-21,10-6-4-2)14-22-17-8-7-16(19)11-15(17)12-20/h7-8,11-13H,3-6,9-10,14H2,1-2H3. The van der Waals surface area contributed by atoms with Crippen LogP contribution in [0.25, 0.3) is 0 Å². The highest BCUT2D eigenvalue weighted by molar-refractivity contribution is 7.99. The van der Waals surface area contributed by atoms with Gasteiger partial charge in [-0.15, -0.1) is 11.8 Å². The Balaban J connectivity index is 2.85. The van der Waals surface area contributed by atoms with E-state index in [1.165, 1.54) is 23.9 Å². The van der Waals surface area contributed by atoms with E-state index in [-0.39, 0.29) is 5.41 Å². The molecular weight excluding hydrogens is 299 g/mol. The van der Waals surface area contributed by atoms with Crippen molar-refractivity contribution in [3.05, 3.63) is 29.6 Å². The third-order valence-electron chi connectivity index (χ3n) is 3.92. The largest absolute Gasteiger partial charge is 0.303 e. The Morgan fingerprint density at radius 3 is 2.27 bits per heavy atom. The average Bonchev–Trinajstić information content (AvgIpc) is 2.55. The van der Waals surface area contributed by atoms with Gasteiger partial charge in [-0.2, -0.15) is 0 Å². The number of hydrogen-bond acceptors (Lipinski definition) is 3. The lowest BCUT2D eigenvalue weighted by Crippen LogP contribution is -2.26. The van der Waals surface area contributed by atoms with Crippen molar-refractivity contribution < 1.29 is 14.0 Å². The van der Waals surface area contributed by atoms with Gasteiger partial charge >= 0.3 is 0 Å². The Bertz CT molecular complexity index is 480. The fraction of sp³-hybridized carbons (Fsp3) is 0.556. The van der Waals surface area contributed by atoms with Gasteiger partial charge in [0.1, 0.15) is 12.1 Å². The van der Waals surface area contributed by atoms with Crippen molar-refractivity contribution >= 4 is 24.3 Å². The Labute approximate surface area is 136 Å². The van der Waals surface area contributed by atoms with Gasteiger partial charge in [-0.05, 0) is 31.0 Å². The van der Waals surface area contributed by atoms with Crippen molar-refractivity contribution in [2.24, 2.45) is 5.41 Å². The SMILES string of the molecule is CCCCC(C=O)(CCCC)CSc1ccc(F)cc1C=O. The molecule has 0 spiro atoms. The second-order valence-corrected chi connectivity index (χ2v) is 6.79. The van der Waals surface area contributed by atoms with Crippen LogP contribution in [0.5, 0.6) is 0 Å². The minimum atomic E-state index is -0.412. The Hall–Kier alpha value is -1.16. The van der Waals surface area contributed by atoms with E-state index >= 15 is 0 Å². The maximum atomic E-state index is 13.2. The molecule has 22 heavy (non-hydrogen) atoms. The molecule has 0 unspecified atom stereocenters. The molecule has 0 radical (unpaired) electrons. The second-order valence-electron chi connectivity index (χ2n) is 5.78. The Morgan fingerprint density at radius 1 is 1.14 bits per heavy atom. The quantitative estimate of drug-likeness (QED) is 0.409. The zero-order valence-corrected chi connectivity index (χ0v) is 14.3. The predicted octanol–water partition coefficient (Wildman–Crippen LogP) is 5.30. The molecule has 0 aromatic heterocycles. The summed E-state index contributed by atoms with van der Waals surface area (Å²) in [6.07, 6.45) is 7.67. The molecule has 2 nitrogen and oxygen atoms in total. The van der Waals surface area contributed by atoms with Crippen LogP contribution in [0.4, 0.5) is 4.39 Å². The molecule has 0 N–H and O–H groups in total. The zero-order valence-electron chi connectivity index (χ0n) is 13.4. The molecular formula is C18H25FO2S. The molecule has 1 rings (SSSR count). The molecule has 0 heterocycles. The Kier molecular flexibility index (Phi) is 8.39. The first-order valence-corrected chi connectivity index (χ1v) is 8.93. The van der Waals surface area contributed by atoms with Crippen LogP contribution in [0.3, 0.4) is 0 Å². The van der Waals surface area contributed by atoms with Gasteiger partial charge in [0.25, 0.3) is 0 Å². The molecule has 0 saturated heterocycles. The smallest absolute Gasteiger partial charge is 0.151 e. The number of halogens is 1. The topological polar surface area (TPSA) is 34.1 Å². The first-order valence-electron chi connectivity index (χ1n) is 7.94. The van der Waals surface area contributed by atoms with E-state index in [0.717, 1.165) is 49.7 Å². The lowest BCUT2D eigenvalue weighted by atomic mass is 9.81. The van der Waals surface area contributed by atoms with Crippen LogP contribution in [0.15, 0.2) is 23.1 Å². The molecule has 0 aliphatic rings. The first-order chi connectivity index (χ1) is 10.6. The maximum Gasteiger partial charge on any atom is 0.151 e. The number of hydrogen-bond donors (Lipinski definition) is 0. The number of benzene rings is 1. The highest BCUT2D eigenvalue weighted by atomic mass is 32.2. The first kappa shape index (κ1) is 18.9. The molecule has 1 aromatic rings. The summed E-state index contributed by atoms with van der Waals surface area (Å²) in [4.78, 5) is 23.5. The van der Waals surface area contributed by atoms with Gasteiger partial charge in [-0.1, -0.05) is 39.5 Å². The molecule has 0 atom stereocenters. The van der Waals surface area contributed by atoms with Gasteiger partial charge in [-0.3, -0.25) is 4.79 Å². The predicted molar refractivity (Wildman–Crippen MR) is 90.1 cm³/mol. The number of thioether (sulfide) groups is 1. The number of unbranched alkanes of at least 4 members (excludes halogenated alkanes) is 2. The van der Waals surface area contributed by atoms with Gasteiger partial charge in [0.2, 0.25) is 0 Å². The third kappa shape index (κ3) is 5.56. The van der Waals surface area contributed by atoms with Crippen molar-refractivity contribution in [2.45, 2.75) is 57.3 Å². The van der Waals surface area contributed by atoms with Gasteiger partial charge < -0.3 is 4.79 Å². The number of rotatable bonds is 11. The van der Waals surface area contributed by atoms with Gasteiger partial charge in [0.05, 0.1) is 0 Å². The minimum Gasteiger partial charge on any atom is -0.303 e. The average molecular weight is 324 g/mol. The zero-order chi connectivity index (χ0) is 16.4. The van der Waals surface area contributed by atoms with Crippen LogP contribution in [-0.2, 0) is 4.79 Å². The molecule has 0 aliphatic carbocycles. The maximum absolute atomic E-state index is 13.2. The van der Waals surface area contributed by atoms with E-state index in [2.05, 4.69) is 13.8 Å². The molecule has 0 fully saturated rings. The van der Waals surface area contributed by atoms with Crippen molar-refractivity contribution in [1.82, 2.24) is 0 Å². The summed E-state index contributed by atoms with van der Waals surface area (Å²) in [5, 5.41) is 0. The van der Waals surface area contributed by atoms with E-state index in [9.17, 15) is 14.0 Å². The van der Waals surface area contributed by atoms with E-state index in [4.69, 9.17) is 0 Å². The number of carbonyl (C=O) groups excluding carboxylic acids is 2. The fourth-order valence-corrected chi connectivity index (χ4v) is 3.68. The molecule has 4 heteroatoms. The van der Waals surface area contributed by atoms with Crippen LogP contribution in [0.2, 0.25) is 0 Å². The third-order valence-corrected chi connectivity index (χ3v) is 5.32. The van der Waals surface area contributed by atoms with E-state index < -0.39 is 5.82 Å². The summed E-state index contributed by atoms with van der Waals surface area (Å²) in [6.45, 7) is 4.24. The van der Waals surface area contributed by atoms with Gasteiger partial charge in [0.15, 0.2) is 6.29 Å². The molecule has 0 amide bonds. The van der Waals surface area contributed by atoms with E-state index in [1.807, 2.05) is 0 Å². The molecule has 0 aliphatic heterocycles. The number of carbonyl (C=O) groups is 2. The van der Waals surface area contributed by atoms with Crippen molar-refractivity contribution in [3.8, 4) is 0 Å². The second kappa shape index (κ2) is 9.78. The van der Waals surface area contributed by atoms with Gasteiger partial charge in [0, 0.05) is 21.6 Å². The van der Waals surface area contributed by atoms with Crippen LogP contribution in [0, 0.1) is 11.2 Å². The normalized spacial score (nSPS) is 11.4. The van der Waals surface area contributed by atoms with Crippen LogP contribution in [-0.4, -0.2) is 18.3 Å². The van der Waals surface area contributed by atoms with E-state index in [0.29, 0.717) is 17.6 Å². The summed E-state index contributed by atoms with van der Waals surface area (Å²) < 4.78 is 13.2. The van der Waals surface area contributed by atoms with Crippen LogP contribution in [0.1, 0.15) is 62.7 Å². The summed E-state index contributed by atoms with van der Waals surface area (Å²) in [5.74, 6) is 0.230. The molecule has 1 aromatic carbocycles. The monoisotopic (exact) mass is 324 g/mol. The molecule has 122 valence electrons. The van der Waals surface area contributed by atoms with Crippen molar-refractivity contribution in [1.29, 1.82) is 0 Å². The Morgan fingerprint density at radius 2 is 1.77 bits per heavy atom. The summed E-state index contributed by atoms with van der Waals surface area (Å²) in [7, 11) is 0. The lowest BCUT2D eigenvalue weighted by molar-refractivity contribution is -0.116. The van der Waals surface area contributed by atoms with Gasteiger partial charge in [-0.25, -0.2) is 4.39 Å². The fourth-order valence-electron chi connectivity index (χ4n) is 2.44. The summed E-state index contributed by atoms with van der Waals surface area (Å²) >= 11 is 1.48. The lowest BCUT2D eigenvalue weighted by Gasteiger charge is -2.28. The summed E-state index contributed by atoms with van der Waals surface area (Å²) in [6, 6.07) is 4.23. The highest BCUT2D eigenvalue weighted by Gasteiger charge is 2.29. The molecule has 0 saturated carbocycles. The van der Waals surface area contributed by atoms with Crippen LogP contribution >= 0.6 is 11.8 Å². The molecule has 0 bridgehead atoms. The van der Waals surface area contributed by atoms with Crippen molar-refractivity contribution in [3.63, 3.8) is 0 Å². The minimum absolute atomic E-state index is 0.342.